The SMILES string of the molecule is CC(C)C1=CN(C(=O)O)CO1. The number of allylic oxidation sites excluding steroid dienone is 1. The van der Waals surface area contributed by atoms with Crippen molar-refractivity contribution in [3.8, 4) is 0 Å². The third kappa shape index (κ3) is 1.63. The van der Waals surface area contributed by atoms with Crippen LogP contribution in [0.4, 0.5) is 4.79 Å². The average Bonchev–Trinajstić information content (AvgIpc) is 2.33. The molecule has 1 N–H and O–H groups in total. The highest BCUT2D eigenvalue weighted by atomic mass is 16.5. The minimum Gasteiger partial charge on any atom is -0.475 e. The third-order valence-electron chi connectivity index (χ3n) is 1.47. The normalized spacial score (nSPS) is 16.6. The molecule has 62 valence electrons. The molecule has 1 rings (SSSR count). The lowest BCUT2D eigenvalue weighted by Crippen LogP contribution is -2.21. The number of carboxylic acid groups (broad SMARTS) is 1. The Hall–Kier alpha value is -1.19. The van der Waals surface area contributed by atoms with E-state index in [1.165, 1.54) is 6.20 Å². The fraction of sp³-hybridized carbons (Fsp3) is 0.571. The minimum absolute atomic E-state index is 0.128. The molecule has 0 aliphatic carbocycles. The van der Waals surface area contributed by atoms with Gasteiger partial charge in [-0.15, -0.1) is 0 Å². The van der Waals surface area contributed by atoms with E-state index in [0.29, 0.717) is 0 Å². The molecule has 0 aromatic rings. The average molecular weight is 157 g/mol. The van der Waals surface area contributed by atoms with Crippen molar-refractivity contribution in [1.29, 1.82) is 0 Å². The molecule has 4 nitrogen and oxygen atoms in total. The van der Waals surface area contributed by atoms with Gasteiger partial charge in [0.1, 0.15) is 5.76 Å². The van der Waals surface area contributed by atoms with Crippen LogP contribution in [0.5, 0.6) is 0 Å². The van der Waals surface area contributed by atoms with Gasteiger partial charge in [-0.3, -0.25) is 0 Å². The third-order valence-corrected chi connectivity index (χ3v) is 1.47. The van der Waals surface area contributed by atoms with Gasteiger partial charge in [-0.25, -0.2) is 9.69 Å². The van der Waals surface area contributed by atoms with E-state index >= 15 is 0 Å². The summed E-state index contributed by atoms with van der Waals surface area (Å²) in [6, 6.07) is 0. The Kier molecular flexibility index (Phi) is 2.03. The topological polar surface area (TPSA) is 49.8 Å². The van der Waals surface area contributed by atoms with Crippen LogP contribution in [-0.4, -0.2) is 22.8 Å². The largest absolute Gasteiger partial charge is 0.475 e. The van der Waals surface area contributed by atoms with Gasteiger partial charge in [0.05, 0.1) is 6.20 Å². The minimum atomic E-state index is -0.972. The van der Waals surface area contributed by atoms with Crippen molar-refractivity contribution in [3.05, 3.63) is 12.0 Å². The van der Waals surface area contributed by atoms with Crippen molar-refractivity contribution in [2.45, 2.75) is 13.8 Å². The van der Waals surface area contributed by atoms with Crippen LogP contribution in [0.1, 0.15) is 13.8 Å². The number of hydrogen-bond donors (Lipinski definition) is 1. The van der Waals surface area contributed by atoms with E-state index in [1.807, 2.05) is 13.8 Å². The fourth-order valence-electron chi connectivity index (χ4n) is 0.798. The first-order valence-electron chi connectivity index (χ1n) is 3.45. The van der Waals surface area contributed by atoms with Gasteiger partial charge in [0.25, 0.3) is 0 Å². The molecule has 1 amide bonds. The highest BCUT2D eigenvalue weighted by Gasteiger charge is 2.20. The molecule has 0 bridgehead atoms. The smallest absolute Gasteiger partial charge is 0.414 e. The van der Waals surface area contributed by atoms with Crippen LogP contribution < -0.4 is 0 Å². The van der Waals surface area contributed by atoms with Crippen molar-refractivity contribution in [3.63, 3.8) is 0 Å². The maximum atomic E-state index is 10.4. The summed E-state index contributed by atoms with van der Waals surface area (Å²) in [6.45, 7) is 4.04. The second kappa shape index (κ2) is 2.82. The number of amides is 1. The van der Waals surface area contributed by atoms with Crippen molar-refractivity contribution < 1.29 is 14.6 Å². The summed E-state index contributed by atoms with van der Waals surface area (Å²) >= 11 is 0. The number of nitrogens with zero attached hydrogens (tertiary/aromatic N) is 1. The summed E-state index contributed by atoms with van der Waals surface area (Å²) < 4.78 is 5.09. The van der Waals surface area contributed by atoms with Gasteiger partial charge < -0.3 is 9.84 Å². The predicted octanol–water partition coefficient (Wildman–Crippen LogP) is 1.45. The molecule has 1 aliphatic rings. The zero-order valence-corrected chi connectivity index (χ0v) is 6.57. The van der Waals surface area contributed by atoms with Crippen LogP contribution in [0.3, 0.4) is 0 Å². The summed E-state index contributed by atoms with van der Waals surface area (Å²) in [4.78, 5) is 11.5. The lowest BCUT2D eigenvalue weighted by Gasteiger charge is -2.05. The van der Waals surface area contributed by atoms with E-state index in [4.69, 9.17) is 9.84 Å². The lowest BCUT2D eigenvalue weighted by atomic mass is 10.2. The van der Waals surface area contributed by atoms with Crippen LogP contribution in [-0.2, 0) is 4.74 Å². The summed E-state index contributed by atoms with van der Waals surface area (Å²) in [5.74, 6) is 0.978. The second-order valence-corrected chi connectivity index (χ2v) is 2.71. The molecule has 0 aromatic carbocycles. The Balaban J connectivity index is 2.61. The van der Waals surface area contributed by atoms with Gasteiger partial charge >= 0.3 is 6.09 Å². The molecule has 0 saturated carbocycles. The van der Waals surface area contributed by atoms with Gasteiger partial charge in [0, 0.05) is 5.92 Å². The van der Waals surface area contributed by atoms with Gasteiger partial charge in [0.2, 0.25) is 0 Å². The lowest BCUT2D eigenvalue weighted by molar-refractivity contribution is 0.115. The van der Waals surface area contributed by atoms with Crippen LogP contribution in [0, 0.1) is 5.92 Å². The van der Waals surface area contributed by atoms with Crippen molar-refractivity contribution >= 4 is 6.09 Å². The predicted molar refractivity (Wildman–Crippen MR) is 38.7 cm³/mol. The second-order valence-electron chi connectivity index (χ2n) is 2.71. The van der Waals surface area contributed by atoms with E-state index in [2.05, 4.69) is 0 Å². The first kappa shape index (κ1) is 7.91. The van der Waals surface area contributed by atoms with E-state index in [9.17, 15) is 4.79 Å². The quantitative estimate of drug-likeness (QED) is 0.626. The molecule has 0 aromatic heterocycles. The summed E-state index contributed by atoms with van der Waals surface area (Å²) in [6.07, 6.45) is 0.549. The molecule has 4 heteroatoms. The zero-order valence-electron chi connectivity index (χ0n) is 6.57. The Labute approximate surface area is 65.1 Å². The highest BCUT2D eigenvalue weighted by Crippen LogP contribution is 2.18. The van der Waals surface area contributed by atoms with Gasteiger partial charge in [-0.1, -0.05) is 13.8 Å². The Bertz CT molecular complexity index is 198. The molecule has 0 atom stereocenters. The summed E-state index contributed by atoms with van der Waals surface area (Å²) in [5, 5.41) is 8.51. The number of hydrogen-bond acceptors (Lipinski definition) is 2. The zero-order chi connectivity index (χ0) is 8.43. The van der Waals surface area contributed by atoms with Crippen molar-refractivity contribution in [2.24, 2.45) is 5.92 Å². The maximum Gasteiger partial charge on any atom is 0.414 e. The van der Waals surface area contributed by atoms with E-state index in [0.717, 1.165) is 10.7 Å². The summed E-state index contributed by atoms with van der Waals surface area (Å²) in [5.41, 5.74) is 0. The molecule has 11 heavy (non-hydrogen) atoms. The highest BCUT2D eigenvalue weighted by molar-refractivity contribution is 5.66. The fourth-order valence-corrected chi connectivity index (χ4v) is 0.798. The first-order chi connectivity index (χ1) is 5.11. The molecular formula is C7H11NO3. The van der Waals surface area contributed by atoms with Crippen molar-refractivity contribution in [2.75, 3.05) is 6.73 Å². The molecule has 1 aliphatic heterocycles. The van der Waals surface area contributed by atoms with Gasteiger partial charge in [0.15, 0.2) is 6.73 Å². The first-order valence-corrected chi connectivity index (χ1v) is 3.45. The monoisotopic (exact) mass is 157 g/mol. The molecule has 0 unspecified atom stereocenters. The maximum absolute atomic E-state index is 10.4. The molecular weight excluding hydrogens is 146 g/mol. The van der Waals surface area contributed by atoms with Crippen molar-refractivity contribution in [1.82, 2.24) is 4.90 Å². The van der Waals surface area contributed by atoms with Crippen LogP contribution in [0.25, 0.3) is 0 Å². The number of rotatable bonds is 1. The van der Waals surface area contributed by atoms with Gasteiger partial charge in [-0.2, -0.15) is 0 Å². The molecule has 1 heterocycles. The molecule has 0 radical (unpaired) electrons. The number of carbonyl (C=O) groups is 1. The Morgan fingerprint density at radius 2 is 2.45 bits per heavy atom. The van der Waals surface area contributed by atoms with E-state index in [-0.39, 0.29) is 12.6 Å². The van der Waals surface area contributed by atoms with Crippen LogP contribution in [0.15, 0.2) is 12.0 Å². The Morgan fingerprint density at radius 3 is 2.73 bits per heavy atom. The number of ether oxygens (including phenoxy) is 1. The van der Waals surface area contributed by atoms with Gasteiger partial charge in [-0.05, 0) is 0 Å². The van der Waals surface area contributed by atoms with Crippen LogP contribution >= 0.6 is 0 Å². The van der Waals surface area contributed by atoms with Crippen LogP contribution in [0.2, 0.25) is 0 Å². The molecule has 0 fully saturated rings. The van der Waals surface area contributed by atoms with E-state index in [1.54, 1.807) is 0 Å². The Morgan fingerprint density at radius 1 is 1.82 bits per heavy atom. The van der Waals surface area contributed by atoms with E-state index < -0.39 is 6.09 Å². The standard InChI is InChI=1S/C7H11NO3/c1-5(2)6-3-8(4-11-6)7(9)10/h3,5H,4H2,1-2H3,(H,9,10). The molecule has 0 spiro atoms. The summed E-state index contributed by atoms with van der Waals surface area (Å²) in [7, 11) is 0. The molecule has 0 saturated heterocycles.